The molecule has 1 heterocycles. The van der Waals surface area contributed by atoms with Crippen molar-refractivity contribution in [3.8, 4) is 34.1 Å². The molecular formula is C34H36O10S2. The summed E-state index contributed by atoms with van der Waals surface area (Å²) in [5, 5.41) is 0. The van der Waals surface area contributed by atoms with Crippen molar-refractivity contribution in [2.24, 2.45) is 0 Å². The summed E-state index contributed by atoms with van der Waals surface area (Å²) in [4.78, 5) is -0.0773. The Labute approximate surface area is 270 Å². The second kappa shape index (κ2) is 13.3. The molecule has 0 radical (unpaired) electrons. The van der Waals surface area contributed by atoms with E-state index in [-0.39, 0.29) is 9.79 Å². The zero-order chi connectivity index (χ0) is 33.2. The first kappa shape index (κ1) is 33.3. The fourth-order valence-electron chi connectivity index (χ4n) is 5.10. The van der Waals surface area contributed by atoms with Crippen LogP contribution >= 0.6 is 0 Å². The minimum absolute atomic E-state index is 0.0387. The first-order chi connectivity index (χ1) is 21.8. The Bertz CT molecular complexity index is 1860. The minimum Gasteiger partial charge on any atom is -0.497 e. The maximum Gasteiger partial charge on any atom is 0.297 e. The van der Waals surface area contributed by atoms with Gasteiger partial charge in [0.1, 0.15) is 36.2 Å². The number of methoxy groups -OCH3 is 2. The van der Waals surface area contributed by atoms with Crippen LogP contribution in [0.3, 0.4) is 0 Å². The third kappa shape index (κ3) is 7.15. The van der Waals surface area contributed by atoms with Crippen LogP contribution in [0, 0.1) is 27.7 Å². The molecule has 244 valence electrons. The van der Waals surface area contributed by atoms with Crippen molar-refractivity contribution in [2.75, 3.05) is 27.4 Å². The molecule has 0 bridgehead atoms. The Morgan fingerprint density at radius 1 is 0.587 bits per heavy atom. The molecule has 4 aromatic carbocycles. The standard InChI is InChI=1S/C34H36O10S2/c1-21-7-11-26(12-8-21)45(35,36)41-19-31-32(20-42-46(37,38)27-13-9-22(2)10-14-27)44-30-18-25(39-5)17-24(4)33(30)34-28(40-6)15-23(3)16-29(34)43-31/h7-18,31-32H,19-20H2,1-6H3/t31-,32-/m1/s1. The smallest absolute Gasteiger partial charge is 0.297 e. The first-order valence-electron chi connectivity index (χ1n) is 14.4. The van der Waals surface area contributed by atoms with E-state index in [1.807, 2.05) is 39.8 Å². The van der Waals surface area contributed by atoms with Gasteiger partial charge in [-0.2, -0.15) is 16.8 Å². The van der Waals surface area contributed by atoms with Gasteiger partial charge in [-0.25, -0.2) is 0 Å². The molecule has 2 atom stereocenters. The average Bonchev–Trinajstić information content (AvgIpc) is 3.01. The van der Waals surface area contributed by atoms with E-state index in [1.54, 1.807) is 36.4 Å². The van der Waals surface area contributed by atoms with E-state index in [2.05, 4.69) is 0 Å². The molecule has 0 aromatic heterocycles. The number of hydrogen-bond acceptors (Lipinski definition) is 10. The molecule has 0 unspecified atom stereocenters. The van der Waals surface area contributed by atoms with Gasteiger partial charge in [-0.15, -0.1) is 0 Å². The van der Waals surface area contributed by atoms with E-state index >= 15 is 0 Å². The lowest BCUT2D eigenvalue weighted by Gasteiger charge is -2.33. The first-order valence-corrected chi connectivity index (χ1v) is 17.3. The van der Waals surface area contributed by atoms with Crippen molar-refractivity contribution in [3.63, 3.8) is 0 Å². The fourth-order valence-corrected chi connectivity index (χ4v) is 6.93. The summed E-state index contributed by atoms with van der Waals surface area (Å²) in [7, 11) is -5.40. The van der Waals surface area contributed by atoms with Gasteiger partial charge < -0.3 is 18.9 Å². The summed E-state index contributed by atoms with van der Waals surface area (Å²) in [5.41, 5.74) is 4.55. The Morgan fingerprint density at radius 3 is 1.52 bits per heavy atom. The van der Waals surface area contributed by atoms with Crippen molar-refractivity contribution in [3.05, 3.63) is 95.1 Å². The van der Waals surface area contributed by atoms with Crippen molar-refractivity contribution in [2.45, 2.75) is 49.7 Å². The molecule has 46 heavy (non-hydrogen) atoms. The predicted molar refractivity (Wildman–Crippen MR) is 172 cm³/mol. The summed E-state index contributed by atoms with van der Waals surface area (Å²) < 4.78 is 88.1. The van der Waals surface area contributed by atoms with Gasteiger partial charge >= 0.3 is 0 Å². The highest BCUT2D eigenvalue weighted by Crippen LogP contribution is 2.48. The highest BCUT2D eigenvalue weighted by Gasteiger charge is 2.36. The normalized spacial score (nSPS) is 16.2. The predicted octanol–water partition coefficient (Wildman–Crippen LogP) is 5.92. The van der Waals surface area contributed by atoms with Crippen LogP contribution in [-0.4, -0.2) is 56.5 Å². The van der Waals surface area contributed by atoms with Crippen LogP contribution in [0.2, 0.25) is 0 Å². The maximum atomic E-state index is 13.2. The SMILES string of the molecule is COc1cc(C)c2c(c1)O[C@H](COS(=O)(=O)c1ccc(C)cc1)[C@@H](COS(=O)(=O)c1ccc(C)cc1)Oc1cc(C)cc(OC)c1-2. The Hall–Kier alpha value is -4.10. The molecule has 0 amide bonds. The van der Waals surface area contributed by atoms with Crippen LogP contribution in [0.5, 0.6) is 23.0 Å². The molecule has 1 aliphatic heterocycles. The average molecular weight is 669 g/mol. The molecular weight excluding hydrogens is 632 g/mol. The molecule has 0 fully saturated rings. The summed E-state index contributed by atoms with van der Waals surface area (Å²) in [6, 6.07) is 19.6. The molecule has 0 spiro atoms. The van der Waals surface area contributed by atoms with Crippen LogP contribution < -0.4 is 18.9 Å². The van der Waals surface area contributed by atoms with Gasteiger partial charge in [0.25, 0.3) is 20.2 Å². The van der Waals surface area contributed by atoms with Crippen LogP contribution in [0.15, 0.2) is 82.6 Å². The Morgan fingerprint density at radius 2 is 1.07 bits per heavy atom. The fraction of sp³-hybridized carbons (Fsp3) is 0.294. The lowest BCUT2D eigenvalue weighted by atomic mass is 9.95. The lowest BCUT2D eigenvalue weighted by Crippen LogP contribution is -2.44. The topological polar surface area (TPSA) is 124 Å². The highest BCUT2D eigenvalue weighted by atomic mass is 32.2. The lowest BCUT2D eigenvalue weighted by molar-refractivity contribution is 0.000103. The van der Waals surface area contributed by atoms with Crippen molar-refractivity contribution in [1.82, 2.24) is 0 Å². The molecule has 0 N–H and O–H groups in total. The molecule has 4 aromatic rings. The molecule has 0 saturated carbocycles. The van der Waals surface area contributed by atoms with E-state index in [0.717, 1.165) is 22.3 Å². The van der Waals surface area contributed by atoms with Gasteiger partial charge in [-0.05, 0) is 81.3 Å². The van der Waals surface area contributed by atoms with Gasteiger partial charge in [0.15, 0.2) is 12.2 Å². The summed E-state index contributed by atoms with van der Waals surface area (Å²) in [5.74, 6) is 1.68. The second-order valence-electron chi connectivity index (χ2n) is 11.1. The van der Waals surface area contributed by atoms with E-state index in [9.17, 15) is 16.8 Å². The van der Waals surface area contributed by atoms with Gasteiger partial charge in [0, 0.05) is 11.6 Å². The van der Waals surface area contributed by atoms with Crippen molar-refractivity contribution >= 4 is 20.2 Å². The van der Waals surface area contributed by atoms with Gasteiger partial charge in [0.2, 0.25) is 0 Å². The molecule has 10 nitrogen and oxygen atoms in total. The van der Waals surface area contributed by atoms with Crippen LogP contribution in [-0.2, 0) is 28.6 Å². The van der Waals surface area contributed by atoms with Gasteiger partial charge in [-0.3, -0.25) is 8.37 Å². The van der Waals surface area contributed by atoms with Gasteiger partial charge in [0.05, 0.1) is 29.6 Å². The number of ether oxygens (including phenoxy) is 4. The largest absolute Gasteiger partial charge is 0.497 e. The summed E-state index contributed by atoms with van der Waals surface area (Å²) in [6.45, 7) is 6.37. The summed E-state index contributed by atoms with van der Waals surface area (Å²) >= 11 is 0. The zero-order valence-corrected chi connectivity index (χ0v) is 28.0. The van der Waals surface area contributed by atoms with E-state index in [1.165, 1.54) is 38.5 Å². The quantitative estimate of drug-likeness (QED) is 0.188. The van der Waals surface area contributed by atoms with Crippen molar-refractivity contribution < 1.29 is 44.1 Å². The van der Waals surface area contributed by atoms with E-state index in [4.69, 9.17) is 27.3 Å². The number of hydrogen-bond donors (Lipinski definition) is 0. The maximum absolute atomic E-state index is 13.2. The van der Waals surface area contributed by atoms with Gasteiger partial charge in [-0.1, -0.05) is 35.4 Å². The minimum atomic E-state index is -4.23. The Kier molecular flexibility index (Phi) is 9.64. The number of aryl methyl sites for hydroxylation is 4. The third-order valence-corrected chi connectivity index (χ3v) is 10.1. The molecule has 12 heteroatoms. The monoisotopic (exact) mass is 668 g/mol. The molecule has 0 saturated heterocycles. The molecule has 5 rings (SSSR count). The van der Waals surface area contributed by atoms with E-state index in [0.29, 0.717) is 34.1 Å². The van der Waals surface area contributed by atoms with Crippen LogP contribution in [0.1, 0.15) is 22.3 Å². The van der Waals surface area contributed by atoms with E-state index < -0.39 is 45.7 Å². The van der Waals surface area contributed by atoms with Crippen LogP contribution in [0.25, 0.3) is 11.1 Å². The second-order valence-corrected chi connectivity index (χ2v) is 14.3. The highest BCUT2D eigenvalue weighted by molar-refractivity contribution is 7.87. The molecule has 1 aliphatic rings. The number of benzene rings is 4. The Balaban J connectivity index is 1.59. The zero-order valence-electron chi connectivity index (χ0n) is 26.4. The number of fused-ring (bicyclic) bond motifs is 3. The molecule has 0 aliphatic carbocycles. The summed E-state index contributed by atoms with van der Waals surface area (Å²) in [6.07, 6.45) is -2.34. The third-order valence-electron chi connectivity index (χ3n) is 7.55. The van der Waals surface area contributed by atoms with Crippen molar-refractivity contribution in [1.29, 1.82) is 0 Å². The van der Waals surface area contributed by atoms with Crippen LogP contribution in [0.4, 0.5) is 0 Å². The number of rotatable bonds is 10.